The Bertz CT molecular complexity index is 509. The van der Waals surface area contributed by atoms with Gasteiger partial charge in [0.1, 0.15) is 0 Å². The van der Waals surface area contributed by atoms with Crippen LogP contribution in [0.15, 0.2) is 24.8 Å². The molecular weight excluding hydrogens is 244 g/mol. The summed E-state index contributed by atoms with van der Waals surface area (Å²) in [5.41, 5.74) is 5.45. The lowest BCUT2D eigenvalue weighted by Gasteiger charge is -2.34. The molecule has 0 amide bonds. The van der Waals surface area contributed by atoms with Gasteiger partial charge in [0.25, 0.3) is 0 Å². The van der Waals surface area contributed by atoms with Gasteiger partial charge in [-0.25, -0.2) is 0 Å². The van der Waals surface area contributed by atoms with Gasteiger partial charge in [0.05, 0.1) is 5.60 Å². The number of fused-ring (bicyclic) bond motifs is 1. The lowest BCUT2D eigenvalue weighted by molar-refractivity contribution is 0.102. The number of aliphatic hydroxyl groups is 1. The molecule has 1 N–H and O–H groups in total. The molecule has 1 atom stereocenters. The molecule has 1 aromatic carbocycles. The molecule has 0 aromatic heterocycles. The van der Waals surface area contributed by atoms with Crippen molar-refractivity contribution in [1.29, 1.82) is 0 Å². The second-order valence-electron chi connectivity index (χ2n) is 7.17. The quantitative estimate of drug-likeness (QED) is 0.801. The monoisotopic (exact) mass is 272 g/mol. The zero-order chi connectivity index (χ0) is 15.0. The van der Waals surface area contributed by atoms with E-state index in [-0.39, 0.29) is 0 Å². The minimum Gasteiger partial charge on any atom is -0.386 e. The second-order valence-corrected chi connectivity index (χ2v) is 7.17. The van der Waals surface area contributed by atoms with E-state index in [9.17, 15) is 5.11 Å². The van der Waals surface area contributed by atoms with Gasteiger partial charge in [0.2, 0.25) is 0 Å². The maximum absolute atomic E-state index is 10.1. The Hall–Kier alpha value is -1.08. The summed E-state index contributed by atoms with van der Waals surface area (Å²) < 4.78 is 0. The largest absolute Gasteiger partial charge is 0.386 e. The van der Waals surface area contributed by atoms with Gasteiger partial charge >= 0.3 is 0 Å². The van der Waals surface area contributed by atoms with Crippen molar-refractivity contribution < 1.29 is 5.11 Å². The van der Waals surface area contributed by atoms with Crippen LogP contribution in [0.4, 0.5) is 0 Å². The van der Waals surface area contributed by atoms with Crippen molar-refractivity contribution in [3.05, 3.63) is 47.0 Å². The molecule has 1 aliphatic rings. The topological polar surface area (TPSA) is 20.2 Å². The van der Waals surface area contributed by atoms with Crippen molar-refractivity contribution in [2.24, 2.45) is 0 Å². The molecule has 0 unspecified atom stereocenters. The summed E-state index contributed by atoms with van der Waals surface area (Å²) in [6.07, 6.45) is 7.07. The molecule has 110 valence electrons. The van der Waals surface area contributed by atoms with E-state index in [0.29, 0.717) is 5.41 Å². The molecule has 1 aromatic rings. The van der Waals surface area contributed by atoms with Gasteiger partial charge in [-0.1, -0.05) is 32.1 Å². The minimum atomic E-state index is -0.762. The van der Waals surface area contributed by atoms with Gasteiger partial charge in [-0.3, -0.25) is 0 Å². The van der Waals surface area contributed by atoms with Gasteiger partial charge in [0, 0.05) is 0 Å². The summed E-state index contributed by atoms with van der Waals surface area (Å²) in [5, 5.41) is 10.1. The Balaban J connectivity index is 2.28. The Morgan fingerprint density at radius 3 is 2.75 bits per heavy atom. The highest BCUT2D eigenvalue weighted by atomic mass is 16.3. The van der Waals surface area contributed by atoms with Crippen LogP contribution in [0, 0.1) is 6.92 Å². The lowest BCUT2D eigenvalue weighted by Crippen LogP contribution is -2.25. The van der Waals surface area contributed by atoms with Crippen molar-refractivity contribution in [3.63, 3.8) is 0 Å². The van der Waals surface area contributed by atoms with Crippen LogP contribution in [0.25, 0.3) is 0 Å². The van der Waals surface area contributed by atoms with Crippen LogP contribution in [-0.4, -0.2) is 10.7 Å². The SMILES string of the molecule is C=C[C@](C)(O)CCc1ccc2c(c1C)CCCC2(C)C. The van der Waals surface area contributed by atoms with E-state index in [2.05, 4.69) is 39.5 Å². The summed E-state index contributed by atoms with van der Waals surface area (Å²) in [5.74, 6) is 0. The van der Waals surface area contributed by atoms with E-state index >= 15 is 0 Å². The molecule has 1 nitrogen and oxygen atoms in total. The zero-order valence-electron chi connectivity index (χ0n) is 13.4. The van der Waals surface area contributed by atoms with E-state index in [0.717, 1.165) is 12.8 Å². The van der Waals surface area contributed by atoms with Crippen LogP contribution < -0.4 is 0 Å². The first-order valence-corrected chi connectivity index (χ1v) is 7.75. The van der Waals surface area contributed by atoms with Crippen LogP contribution in [0.2, 0.25) is 0 Å². The second kappa shape index (κ2) is 5.37. The summed E-state index contributed by atoms with van der Waals surface area (Å²) in [4.78, 5) is 0. The van der Waals surface area contributed by atoms with Crippen LogP contribution in [-0.2, 0) is 18.3 Å². The summed E-state index contributed by atoms with van der Waals surface area (Å²) in [6.45, 7) is 12.5. The van der Waals surface area contributed by atoms with Crippen molar-refractivity contribution >= 4 is 0 Å². The first kappa shape index (κ1) is 15.3. The van der Waals surface area contributed by atoms with Gasteiger partial charge in [-0.15, -0.1) is 6.58 Å². The number of aryl methyl sites for hydroxylation is 1. The normalized spacial score (nSPS) is 20.1. The average molecular weight is 272 g/mol. The fraction of sp³-hybridized carbons (Fsp3) is 0.579. The van der Waals surface area contributed by atoms with E-state index < -0.39 is 5.60 Å². The van der Waals surface area contributed by atoms with Crippen molar-refractivity contribution in [2.75, 3.05) is 0 Å². The highest BCUT2D eigenvalue weighted by molar-refractivity contribution is 5.45. The van der Waals surface area contributed by atoms with Crippen LogP contribution >= 0.6 is 0 Å². The van der Waals surface area contributed by atoms with Crippen molar-refractivity contribution in [2.45, 2.75) is 70.8 Å². The smallest absolute Gasteiger partial charge is 0.0800 e. The summed E-state index contributed by atoms with van der Waals surface area (Å²) >= 11 is 0. The van der Waals surface area contributed by atoms with E-state index in [1.54, 1.807) is 11.6 Å². The van der Waals surface area contributed by atoms with Gasteiger partial charge in [-0.05, 0) is 73.6 Å². The first-order chi connectivity index (χ1) is 9.27. The van der Waals surface area contributed by atoms with Gasteiger partial charge in [-0.2, -0.15) is 0 Å². The predicted octanol–water partition coefficient (Wildman–Crippen LogP) is 4.48. The van der Waals surface area contributed by atoms with Crippen LogP contribution in [0.5, 0.6) is 0 Å². The van der Waals surface area contributed by atoms with E-state index in [1.165, 1.54) is 36.0 Å². The van der Waals surface area contributed by atoms with Gasteiger partial charge < -0.3 is 5.11 Å². The Labute approximate surface area is 123 Å². The Morgan fingerprint density at radius 1 is 1.40 bits per heavy atom. The molecule has 20 heavy (non-hydrogen) atoms. The molecule has 0 fully saturated rings. The molecule has 1 aliphatic carbocycles. The van der Waals surface area contributed by atoms with E-state index in [1.807, 2.05) is 6.92 Å². The lowest BCUT2D eigenvalue weighted by atomic mass is 9.71. The number of benzene rings is 1. The van der Waals surface area contributed by atoms with Gasteiger partial charge in [0.15, 0.2) is 0 Å². The number of hydrogen-bond donors (Lipinski definition) is 1. The maximum atomic E-state index is 10.1. The van der Waals surface area contributed by atoms with Crippen molar-refractivity contribution in [1.82, 2.24) is 0 Å². The number of hydrogen-bond acceptors (Lipinski definition) is 1. The minimum absolute atomic E-state index is 0.309. The molecule has 0 bridgehead atoms. The summed E-state index contributed by atoms with van der Waals surface area (Å²) in [6, 6.07) is 4.58. The molecule has 0 saturated carbocycles. The summed E-state index contributed by atoms with van der Waals surface area (Å²) in [7, 11) is 0. The average Bonchev–Trinajstić information content (AvgIpc) is 2.38. The number of rotatable bonds is 4. The fourth-order valence-corrected chi connectivity index (χ4v) is 3.36. The molecule has 0 heterocycles. The molecule has 0 saturated heterocycles. The molecule has 0 radical (unpaired) electrons. The zero-order valence-corrected chi connectivity index (χ0v) is 13.4. The fourth-order valence-electron chi connectivity index (χ4n) is 3.36. The van der Waals surface area contributed by atoms with Crippen LogP contribution in [0.1, 0.15) is 62.3 Å². The third kappa shape index (κ3) is 2.98. The third-order valence-corrected chi connectivity index (χ3v) is 5.01. The van der Waals surface area contributed by atoms with Crippen molar-refractivity contribution in [3.8, 4) is 0 Å². The molecule has 2 rings (SSSR count). The first-order valence-electron chi connectivity index (χ1n) is 7.75. The van der Waals surface area contributed by atoms with Crippen LogP contribution in [0.3, 0.4) is 0 Å². The Morgan fingerprint density at radius 2 is 2.10 bits per heavy atom. The molecular formula is C19H28O. The van der Waals surface area contributed by atoms with E-state index in [4.69, 9.17) is 0 Å². The third-order valence-electron chi connectivity index (χ3n) is 5.01. The highest BCUT2D eigenvalue weighted by Crippen LogP contribution is 2.39. The highest BCUT2D eigenvalue weighted by Gasteiger charge is 2.28. The maximum Gasteiger partial charge on any atom is 0.0800 e. The molecule has 0 aliphatic heterocycles. The Kier molecular flexibility index (Phi) is 4.11. The predicted molar refractivity (Wildman–Crippen MR) is 86.3 cm³/mol. The molecule has 0 spiro atoms. The standard InChI is InChI=1S/C19H28O/c1-6-19(5,20)13-11-15-9-10-17-16(14(15)2)8-7-12-18(17,3)4/h6,9-10,20H,1,7-8,11-13H2,2-5H3/t19-/m0/s1. The molecule has 1 heteroatoms.